The number of carbonyl (C=O) groups is 1. The van der Waals surface area contributed by atoms with Gasteiger partial charge in [-0.2, -0.15) is 0 Å². The molecular formula is C10H17NO2. The molecule has 0 amide bonds. The first-order chi connectivity index (χ1) is 6.36. The van der Waals surface area contributed by atoms with E-state index in [9.17, 15) is 4.79 Å². The summed E-state index contributed by atoms with van der Waals surface area (Å²) >= 11 is 0. The molecule has 0 N–H and O–H groups in total. The second kappa shape index (κ2) is 4.09. The number of ether oxygens (including phenoxy) is 1. The highest BCUT2D eigenvalue weighted by atomic mass is 16.6. The van der Waals surface area contributed by atoms with Gasteiger partial charge in [-0.1, -0.05) is 0 Å². The summed E-state index contributed by atoms with van der Waals surface area (Å²) in [6.07, 6.45) is 6.39. The summed E-state index contributed by atoms with van der Waals surface area (Å²) in [6.45, 7) is 2.22. The van der Waals surface area contributed by atoms with E-state index in [1.165, 1.54) is 12.8 Å². The van der Waals surface area contributed by atoms with Crippen LogP contribution in [0.15, 0.2) is 0 Å². The molecule has 0 radical (unpaired) electrons. The third-order valence-corrected chi connectivity index (χ3v) is 2.90. The van der Waals surface area contributed by atoms with E-state index >= 15 is 0 Å². The molecule has 2 fully saturated rings. The normalized spacial score (nSPS) is 31.4. The maximum absolute atomic E-state index is 11.2. The van der Waals surface area contributed by atoms with Crippen molar-refractivity contribution in [1.29, 1.82) is 0 Å². The lowest BCUT2D eigenvalue weighted by Gasteiger charge is -2.25. The summed E-state index contributed by atoms with van der Waals surface area (Å²) in [6, 6.07) is 0. The molecule has 0 aromatic carbocycles. The van der Waals surface area contributed by atoms with Gasteiger partial charge in [0.2, 0.25) is 0 Å². The SMILES string of the molecule is O=C1CCCCC(N2CCCC2)O1. The summed E-state index contributed by atoms with van der Waals surface area (Å²) in [5.74, 6) is -0.00519. The smallest absolute Gasteiger partial charge is 0.307 e. The molecule has 2 rings (SSSR count). The standard InChI is InChI=1S/C10H17NO2/c12-10-6-2-1-5-9(13-10)11-7-3-4-8-11/h9H,1-8H2. The Morgan fingerprint density at radius 2 is 1.92 bits per heavy atom. The van der Waals surface area contributed by atoms with E-state index in [-0.39, 0.29) is 12.2 Å². The van der Waals surface area contributed by atoms with Crippen LogP contribution < -0.4 is 0 Å². The molecule has 0 aromatic rings. The Labute approximate surface area is 79.0 Å². The van der Waals surface area contributed by atoms with Crippen molar-refractivity contribution in [3.8, 4) is 0 Å². The lowest BCUT2D eigenvalue weighted by Crippen LogP contribution is -2.35. The molecule has 2 heterocycles. The van der Waals surface area contributed by atoms with Gasteiger partial charge in [-0.15, -0.1) is 0 Å². The number of hydrogen-bond acceptors (Lipinski definition) is 3. The fourth-order valence-corrected chi connectivity index (χ4v) is 2.14. The van der Waals surface area contributed by atoms with Crippen LogP contribution in [0.1, 0.15) is 38.5 Å². The zero-order valence-electron chi connectivity index (χ0n) is 8.00. The number of hydrogen-bond donors (Lipinski definition) is 0. The Hall–Kier alpha value is -0.570. The van der Waals surface area contributed by atoms with Crippen LogP contribution in [0.25, 0.3) is 0 Å². The van der Waals surface area contributed by atoms with E-state index in [0.717, 1.165) is 32.4 Å². The highest BCUT2D eigenvalue weighted by Crippen LogP contribution is 2.21. The Morgan fingerprint density at radius 1 is 1.15 bits per heavy atom. The molecule has 0 aliphatic carbocycles. The van der Waals surface area contributed by atoms with Crippen molar-refractivity contribution in [1.82, 2.24) is 4.90 Å². The summed E-state index contributed by atoms with van der Waals surface area (Å²) in [7, 11) is 0. The molecule has 3 heteroatoms. The molecule has 13 heavy (non-hydrogen) atoms. The first-order valence-electron chi connectivity index (χ1n) is 5.30. The monoisotopic (exact) mass is 183 g/mol. The van der Waals surface area contributed by atoms with E-state index in [2.05, 4.69) is 4.90 Å². The summed E-state index contributed by atoms with van der Waals surface area (Å²) in [5.41, 5.74) is 0. The molecular weight excluding hydrogens is 166 g/mol. The van der Waals surface area contributed by atoms with Crippen molar-refractivity contribution < 1.29 is 9.53 Å². The molecule has 2 saturated heterocycles. The van der Waals surface area contributed by atoms with Crippen LogP contribution in [0.4, 0.5) is 0 Å². The number of nitrogens with zero attached hydrogens (tertiary/aromatic N) is 1. The van der Waals surface area contributed by atoms with E-state index in [1.54, 1.807) is 0 Å². The first-order valence-corrected chi connectivity index (χ1v) is 5.30. The lowest BCUT2D eigenvalue weighted by molar-refractivity contribution is -0.156. The van der Waals surface area contributed by atoms with Gasteiger partial charge in [-0.25, -0.2) is 0 Å². The Bertz CT molecular complexity index is 187. The maximum atomic E-state index is 11.2. The predicted octanol–water partition coefficient (Wildman–Crippen LogP) is 1.53. The molecule has 0 spiro atoms. The minimum atomic E-state index is -0.00519. The molecule has 2 aliphatic heterocycles. The molecule has 0 bridgehead atoms. The Kier molecular flexibility index (Phi) is 2.83. The van der Waals surface area contributed by atoms with Crippen LogP contribution in [0, 0.1) is 0 Å². The van der Waals surface area contributed by atoms with E-state index < -0.39 is 0 Å². The van der Waals surface area contributed by atoms with Crippen LogP contribution in [0.5, 0.6) is 0 Å². The van der Waals surface area contributed by atoms with Crippen molar-refractivity contribution in [2.24, 2.45) is 0 Å². The van der Waals surface area contributed by atoms with Crippen LogP contribution >= 0.6 is 0 Å². The van der Waals surface area contributed by atoms with Crippen molar-refractivity contribution in [3.05, 3.63) is 0 Å². The molecule has 74 valence electrons. The molecule has 1 atom stereocenters. The van der Waals surface area contributed by atoms with Gasteiger partial charge in [-0.3, -0.25) is 9.69 Å². The van der Waals surface area contributed by atoms with Gasteiger partial charge in [0.1, 0.15) is 0 Å². The number of carbonyl (C=O) groups excluding carboxylic acids is 1. The fraction of sp³-hybridized carbons (Fsp3) is 0.900. The van der Waals surface area contributed by atoms with Crippen LogP contribution in [-0.4, -0.2) is 30.2 Å². The fourth-order valence-electron chi connectivity index (χ4n) is 2.14. The highest BCUT2D eigenvalue weighted by molar-refractivity contribution is 5.69. The lowest BCUT2D eigenvalue weighted by atomic mass is 10.2. The Morgan fingerprint density at radius 3 is 2.69 bits per heavy atom. The molecule has 2 aliphatic rings. The zero-order valence-corrected chi connectivity index (χ0v) is 8.00. The number of rotatable bonds is 1. The van der Waals surface area contributed by atoms with Gasteiger partial charge in [0.25, 0.3) is 0 Å². The average molecular weight is 183 g/mol. The van der Waals surface area contributed by atoms with Crippen LogP contribution in [0.3, 0.4) is 0 Å². The van der Waals surface area contributed by atoms with Gasteiger partial charge in [0.05, 0.1) is 0 Å². The van der Waals surface area contributed by atoms with Crippen molar-refractivity contribution in [3.63, 3.8) is 0 Å². The quantitative estimate of drug-likeness (QED) is 0.577. The summed E-state index contributed by atoms with van der Waals surface area (Å²) in [4.78, 5) is 13.5. The van der Waals surface area contributed by atoms with Gasteiger partial charge in [0, 0.05) is 19.5 Å². The van der Waals surface area contributed by atoms with E-state index in [0.29, 0.717) is 6.42 Å². The third kappa shape index (κ3) is 2.21. The third-order valence-electron chi connectivity index (χ3n) is 2.90. The minimum Gasteiger partial charge on any atom is -0.446 e. The molecule has 0 saturated carbocycles. The van der Waals surface area contributed by atoms with E-state index in [1.807, 2.05) is 0 Å². The van der Waals surface area contributed by atoms with Crippen molar-refractivity contribution in [2.75, 3.05) is 13.1 Å². The zero-order chi connectivity index (χ0) is 9.10. The second-order valence-corrected chi connectivity index (χ2v) is 3.93. The first kappa shape index (κ1) is 9.00. The van der Waals surface area contributed by atoms with Crippen LogP contribution in [-0.2, 0) is 9.53 Å². The number of likely N-dealkylation sites (tertiary alicyclic amines) is 1. The molecule has 1 unspecified atom stereocenters. The van der Waals surface area contributed by atoms with Gasteiger partial charge < -0.3 is 4.74 Å². The van der Waals surface area contributed by atoms with Crippen molar-refractivity contribution >= 4 is 5.97 Å². The van der Waals surface area contributed by atoms with Crippen LogP contribution in [0.2, 0.25) is 0 Å². The minimum absolute atomic E-state index is 0.00519. The van der Waals surface area contributed by atoms with Gasteiger partial charge in [-0.05, 0) is 32.1 Å². The predicted molar refractivity (Wildman–Crippen MR) is 49.2 cm³/mol. The largest absolute Gasteiger partial charge is 0.446 e. The van der Waals surface area contributed by atoms with Gasteiger partial charge in [0.15, 0.2) is 6.23 Å². The molecule has 3 nitrogen and oxygen atoms in total. The number of cyclic esters (lactones) is 1. The average Bonchev–Trinajstić information content (AvgIpc) is 2.56. The second-order valence-electron chi connectivity index (χ2n) is 3.93. The maximum Gasteiger partial charge on any atom is 0.307 e. The van der Waals surface area contributed by atoms with Gasteiger partial charge >= 0.3 is 5.97 Å². The topological polar surface area (TPSA) is 29.5 Å². The van der Waals surface area contributed by atoms with E-state index in [4.69, 9.17) is 4.74 Å². The molecule has 0 aromatic heterocycles. The number of esters is 1. The highest BCUT2D eigenvalue weighted by Gasteiger charge is 2.26. The summed E-state index contributed by atoms with van der Waals surface area (Å²) < 4.78 is 5.38. The van der Waals surface area contributed by atoms with Crippen molar-refractivity contribution in [2.45, 2.75) is 44.8 Å². The summed E-state index contributed by atoms with van der Waals surface area (Å²) in [5, 5.41) is 0. The Balaban J connectivity index is 1.92.